The van der Waals surface area contributed by atoms with Gasteiger partial charge in [0.1, 0.15) is 0 Å². The number of halogens is 1. The summed E-state index contributed by atoms with van der Waals surface area (Å²) in [6.07, 6.45) is 0.0220. The van der Waals surface area contributed by atoms with Crippen LogP contribution in [0, 0.1) is 5.82 Å². The van der Waals surface area contributed by atoms with Gasteiger partial charge in [-0.05, 0) is 31.5 Å². The smallest absolute Gasteiger partial charge is 0.253 e. The van der Waals surface area contributed by atoms with Gasteiger partial charge in [0.25, 0.3) is 5.91 Å². The molecule has 0 bridgehead atoms. The van der Waals surface area contributed by atoms with Gasteiger partial charge in [-0.15, -0.1) is 0 Å². The van der Waals surface area contributed by atoms with Gasteiger partial charge in [-0.25, -0.2) is 4.39 Å². The minimum Gasteiger partial charge on any atom is -0.494 e. The van der Waals surface area contributed by atoms with Crippen molar-refractivity contribution in [2.45, 2.75) is 19.4 Å². The second-order valence-corrected chi connectivity index (χ2v) is 4.21. The quantitative estimate of drug-likeness (QED) is 0.870. The van der Waals surface area contributed by atoms with Gasteiger partial charge in [0.2, 0.25) is 0 Å². The predicted molar refractivity (Wildman–Crippen MR) is 66.2 cm³/mol. The SMILES string of the molecule is COc1ccc(C(=O)N(C)CCC(C)O)cc1F. The van der Waals surface area contributed by atoms with E-state index < -0.39 is 11.9 Å². The van der Waals surface area contributed by atoms with E-state index in [1.54, 1.807) is 14.0 Å². The molecule has 0 saturated heterocycles. The maximum absolute atomic E-state index is 13.5. The molecule has 1 N–H and O–H groups in total. The van der Waals surface area contributed by atoms with E-state index in [2.05, 4.69) is 0 Å². The molecule has 0 spiro atoms. The van der Waals surface area contributed by atoms with Gasteiger partial charge in [-0.1, -0.05) is 0 Å². The van der Waals surface area contributed by atoms with Crippen LogP contribution < -0.4 is 4.74 Å². The Bertz CT molecular complexity index is 421. The van der Waals surface area contributed by atoms with Crippen molar-refractivity contribution in [3.05, 3.63) is 29.6 Å². The van der Waals surface area contributed by atoms with Crippen LogP contribution in [0.5, 0.6) is 5.75 Å². The van der Waals surface area contributed by atoms with E-state index in [4.69, 9.17) is 9.84 Å². The fourth-order valence-electron chi connectivity index (χ4n) is 1.50. The van der Waals surface area contributed by atoms with Crippen molar-refractivity contribution in [3.63, 3.8) is 0 Å². The third-order valence-corrected chi connectivity index (χ3v) is 2.63. The first kappa shape index (κ1) is 14.4. The topological polar surface area (TPSA) is 49.8 Å². The van der Waals surface area contributed by atoms with Gasteiger partial charge in [-0.2, -0.15) is 0 Å². The van der Waals surface area contributed by atoms with Gasteiger partial charge in [0, 0.05) is 19.2 Å². The van der Waals surface area contributed by atoms with E-state index >= 15 is 0 Å². The van der Waals surface area contributed by atoms with E-state index in [1.807, 2.05) is 0 Å². The highest BCUT2D eigenvalue weighted by Crippen LogP contribution is 2.18. The molecule has 0 aromatic heterocycles. The number of rotatable bonds is 5. The van der Waals surface area contributed by atoms with Crippen molar-refractivity contribution >= 4 is 5.91 Å². The van der Waals surface area contributed by atoms with Gasteiger partial charge >= 0.3 is 0 Å². The number of hydrogen-bond donors (Lipinski definition) is 1. The molecule has 0 fully saturated rings. The maximum Gasteiger partial charge on any atom is 0.253 e. The van der Waals surface area contributed by atoms with Crippen molar-refractivity contribution in [1.29, 1.82) is 0 Å². The zero-order chi connectivity index (χ0) is 13.7. The second-order valence-electron chi connectivity index (χ2n) is 4.21. The highest BCUT2D eigenvalue weighted by Gasteiger charge is 2.14. The average molecular weight is 255 g/mol. The van der Waals surface area contributed by atoms with E-state index in [9.17, 15) is 9.18 Å². The predicted octanol–water partition coefficient (Wildman–Crippen LogP) is 1.68. The standard InChI is InChI=1S/C13H18FNO3/c1-9(16)6-7-15(2)13(17)10-4-5-12(18-3)11(14)8-10/h4-5,8-9,16H,6-7H2,1-3H3. The van der Waals surface area contributed by atoms with E-state index in [0.29, 0.717) is 13.0 Å². The van der Waals surface area contributed by atoms with Crippen LogP contribution in [0.25, 0.3) is 0 Å². The van der Waals surface area contributed by atoms with Gasteiger partial charge in [0.05, 0.1) is 13.2 Å². The molecule has 0 saturated carbocycles. The molecule has 1 unspecified atom stereocenters. The number of methoxy groups -OCH3 is 1. The third kappa shape index (κ3) is 3.70. The minimum atomic E-state index is -0.563. The monoisotopic (exact) mass is 255 g/mol. The number of amides is 1. The summed E-state index contributed by atoms with van der Waals surface area (Å²) < 4.78 is 18.2. The van der Waals surface area contributed by atoms with Crippen molar-refractivity contribution in [1.82, 2.24) is 4.90 Å². The Morgan fingerprint density at radius 2 is 2.22 bits per heavy atom. The zero-order valence-electron chi connectivity index (χ0n) is 10.8. The number of benzene rings is 1. The van der Waals surface area contributed by atoms with Crippen LogP contribution in [0.2, 0.25) is 0 Å². The molecule has 0 radical (unpaired) electrons. The molecule has 1 aromatic rings. The highest BCUT2D eigenvalue weighted by atomic mass is 19.1. The summed E-state index contributed by atoms with van der Waals surface area (Å²) in [5.74, 6) is -0.734. The molecule has 0 heterocycles. The lowest BCUT2D eigenvalue weighted by atomic mass is 10.1. The van der Waals surface area contributed by atoms with Crippen LogP contribution in [-0.2, 0) is 0 Å². The lowest BCUT2D eigenvalue weighted by Gasteiger charge is -2.18. The molecular formula is C13H18FNO3. The number of nitrogens with zero attached hydrogens (tertiary/aromatic N) is 1. The third-order valence-electron chi connectivity index (χ3n) is 2.63. The number of carbonyl (C=O) groups is 1. The normalized spacial score (nSPS) is 12.1. The highest BCUT2D eigenvalue weighted by molar-refractivity contribution is 5.94. The molecule has 1 amide bonds. The first-order chi connectivity index (χ1) is 8.45. The molecule has 1 aromatic carbocycles. The van der Waals surface area contributed by atoms with Crippen LogP contribution in [0.3, 0.4) is 0 Å². The van der Waals surface area contributed by atoms with Crippen LogP contribution in [-0.4, -0.2) is 42.7 Å². The fraction of sp³-hybridized carbons (Fsp3) is 0.462. The molecule has 18 heavy (non-hydrogen) atoms. The Kier molecular flexibility index (Phi) is 5.09. The number of ether oxygens (including phenoxy) is 1. The summed E-state index contributed by atoms with van der Waals surface area (Å²) in [5, 5.41) is 9.15. The van der Waals surface area contributed by atoms with Crippen molar-refractivity contribution < 1.29 is 19.0 Å². The van der Waals surface area contributed by atoms with Crippen molar-refractivity contribution in [3.8, 4) is 5.75 Å². The Morgan fingerprint density at radius 1 is 1.56 bits per heavy atom. The molecule has 1 rings (SSSR count). The van der Waals surface area contributed by atoms with Gasteiger partial charge < -0.3 is 14.7 Å². The zero-order valence-corrected chi connectivity index (χ0v) is 10.8. The largest absolute Gasteiger partial charge is 0.494 e. The van der Waals surface area contributed by atoms with Crippen molar-refractivity contribution in [2.24, 2.45) is 0 Å². The van der Waals surface area contributed by atoms with Gasteiger partial charge in [-0.3, -0.25) is 4.79 Å². The Hall–Kier alpha value is -1.62. The summed E-state index contributed by atoms with van der Waals surface area (Å²) in [7, 11) is 2.99. The second kappa shape index (κ2) is 6.35. The number of aliphatic hydroxyl groups excluding tert-OH is 1. The first-order valence-corrected chi connectivity index (χ1v) is 5.72. The molecule has 0 aliphatic carbocycles. The van der Waals surface area contributed by atoms with E-state index in [1.165, 1.54) is 24.1 Å². The molecule has 5 heteroatoms. The molecular weight excluding hydrogens is 237 g/mol. The Labute approximate surface area is 106 Å². The molecule has 4 nitrogen and oxygen atoms in total. The lowest BCUT2D eigenvalue weighted by molar-refractivity contribution is 0.0768. The fourth-order valence-corrected chi connectivity index (χ4v) is 1.50. The summed E-state index contributed by atoms with van der Waals surface area (Å²) in [6, 6.07) is 4.09. The Morgan fingerprint density at radius 3 is 2.72 bits per heavy atom. The number of carbonyl (C=O) groups excluding carboxylic acids is 1. The van der Waals surface area contributed by atoms with Crippen molar-refractivity contribution in [2.75, 3.05) is 20.7 Å². The van der Waals surface area contributed by atoms with Crippen LogP contribution in [0.1, 0.15) is 23.7 Å². The summed E-state index contributed by atoms with van der Waals surface area (Å²) in [6.45, 7) is 2.08. The summed E-state index contributed by atoms with van der Waals surface area (Å²) in [4.78, 5) is 13.4. The van der Waals surface area contributed by atoms with Crippen LogP contribution in [0.15, 0.2) is 18.2 Å². The maximum atomic E-state index is 13.5. The summed E-state index contributed by atoms with van der Waals surface area (Å²) in [5.41, 5.74) is 0.265. The molecule has 0 aliphatic rings. The average Bonchev–Trinajstić information content (AvgIpc) is 2.34. The summed E-state index contributed by atoms with van der Waals surface area (Å²) >= 11 is 0. The van der Waals surface area contributed by atoms with E-state index in [-0.39, 0.29) is 17.2 Å². The molecule has 1 atom stereocenters. The van der Waals surface area contributed by atoms with Crippen LogP contribution >= 0.6 is 0 Å². The van der Waals surface area contributed by atoms with Crippen LogP contribution in [0.4, 0.5) is 4.39 Å². The Balaban J connectivity index is 2.74. The van der Waals surface area contributed by atoms with E-state index in [0.717, 1.165) is 6.07 Å². The minimum absolute atomic E-state index is 0.109. The lowest BCUT2D eigenvalue weighted by Crippen LogP contribution is -2.29. The number of aliphatic hydroxyl groups is 1. The molecule has 0 aliphatic heterocycles. The molecule has 100 valence electrons. The number of hydrogen-bond acceptors (Lipinski definition) is 3. The first-order valence-electron chi connectivity index (χ1n) is 5.72. The van der Waals surface area contributed by atoms with Gasteiger partial charge in [0.15, 0.2) is 11.6 Å².